The summed E-state index contributed by atoms with van der Waals surface area (Å²) >= 11 is 0. The number of hydrogen-bond donors (Lipinski definition) is 1. The van der Waals surface area contributed by atoms with Crippen LogP contribution in [0.15, 0.2) is 36.5 Å². The molecule has 0 radical (unpaired) electrons. The Labute approximate surface area is 213 Å². The van der Waals surface area contributed by atoms with Crippen molar-refractivity contribution in [3.8, 4) is 0 Å². The van der Waals surface area contributed by atoms with Crippen LogP contribution in [0, 0.1) is 5.82 Å². The quantitative estimate of drug-likeness (QED) is 0.444. The molecule has 8 nitrogen and oxygen atoms in total. The number of amides is 2. The average Bonchev–Trinajstić information content (AvgIpc) is 3.47. The van der Waals surface area contributed by atoms with Crippen LogP contribution < -0.4 is 0 Å². The number of halogens is 1. The Morgan fingerprint density at radius 2 is 1.56 bits per heavy atom. The number of nitrogens with zero attached hydrogens (tertiary/aromatic N) is 2. The highest BCUT2D eigenvalue weighted by atomic mass is 19.1. The van der Waals surface area contributed by atoms with Crippen molar-refractivity contribution in [3.05, 3.63) is 47.9 Å². The van der Waals surface area contributed by atoms with Gasteiger partial charge in [0.2, 0.25) is 0 Å². The van der Waals surface area contributed by atoms with Crippen molar-refractivity contribution in [1.82, 2.24) is 9.80 Å². The van der Waals surface area contributed by atoms with Gasteiger partial charge in [-0.3, -0.25) is 0 Å². The second kappa shape index (κ2) is 11.3. The van der Waals surface area contributed by atoms with Gasteiger partial charge in [-0.05, 0) is 85.4 Å². The molecule has 2 rings (SSSR count). The van der Waals surface area contributed by atoms with E-state index in [1.807, 2.05) is 6.92 Å². The molecule has 0 aliphatic heterocycles. The van der Waals surface area contributed by atoms with E-state index in [9.17, 15) is 23.9 Å². The second-order valence-corrected chi connectivity index (χ2v) is 11.2. The van der Waals surface area contributed by atoms with Gasteiger partial charge in [-0.2, -0.15) is 4.90 Å². The number of carboxylic acid groups (broad SMARTS) is 1. The van der Waals surface area contributed by atoms with Gasteiger partial charge in [-0.15, -0.1) is 0 Å². The van der Waals surface area contributed by atoms with Gasteiger partial charge in [0.25, 0.3) is 0 Å². The minimum atomic E-state index is -1.46. The van der Waals surface area contributed by atoms with Gasteiger partial charge in [0.05, 0.1) is 0 Å². The largest absolute Gasteiger partial charge is 0.480 e. The molecular weight excluding hydrogens is 467 g/mol. The highest BCUT2D eigenvalue weighted by Gasteiger charge is 2.43. The molecule has 2 amide bonds. The van der Waals surface area contributed by atoms with Crippen molar-refractivity contribution in [1.29, 1.82) is 0 Å². The predicted octanol–water partition coefficient (Wildman–Crippen LogP) is 5.92. The first-order valence-electron chi connectivity index (χ1n) is 12.2. The Bertz CT molecular complexity index is 936. The lowest BCUT2D eigenvalue weighted by Gasteiger charge is -2.32. The first-order valence-corrected chi connectivity index (χ1v) is 12.2. The van der Waals surface area contributed by atoms with Crippen molar-refractivity contribution in [2.24, 2.45) is 0 Å². The molecule has 36 heavy (non-hydrogen) atoms. The van der Waals surface area contributed by atoms with E-state index in [-0.39, 0.29) is 24.2 Å². The fourth-order valence-electron chi connectivity index (χ4n) is 4.00. The Morgan fingerprint density at radius 1 is 1.06 bits per heavy atom. The maximum atomic E-state index is 13.3. The summed E-state index contributed by atoms with van der Waals surface area (Å²) in [6, 6.07) is 5.13. The predicted molar refractivity (Wildman–Crippen MR) is 134 cm³/mol. The minimum absolute atomic E-state index is 0.00549. The monoisotopic (exact) mass is 506 g/mol. The number of carbonyl (C=O) groups excluding carboxylic acids is 2. The number of rotatable bonds is 9. The number of benzene rings is 1. The van der Waals surface area contributed by atoms with Crippen LogP contribution in [0.1, 0.15) is 79.2 Å². The number of allylic oxidation sites excluding steroid dienone is 1. The van der Waals surface area contributed by atoms with Gasteiger partial charge in [0.1, 0.15) is 23.1 Å². The highest BCUT2D eigenvalue weighted by Crippen LogP contribution is 2.46. The summed E-state index contributed by atoms with van der Waals surface area (Å²) in [6.45, 7) is 16.2. The van der Waals surface area contributed by atoms with E-state index in [1.165, 1.54) is 12.1 Å². The van der Waals surface area contributed by atoms with E-state index in [2.05, 4.69) is 11.5 Å². The molecule has 1 saturated carbocycles. The highest BCUT2D eigenvalue weighted by molar-refractivity contribution is 5.93. The first kappa shape index (κ1) is 29.1. The second-order valence-electron chi connectivity index (χ2n) is 11.2. The van der Waals surface area contributed by atoms with Crippen LogP contribution in [0.5, 0.6) is 0 Å². The van der Waals surface area contributed by atoms with Crippen LogP contribution in [0.3, 0.4) is 0 Å². The Hall–Kier alpha value is -3.10. The summed E-state index contributed by atoms with van der Waals surface area (Å²) < 4.78 is 23.9. The molecule has 3 atom stereocenters. The number of hydrogen-bond acceptors (Lipinski definition) is 6. The lowest BCUT2D eigenvalue weighted by atomic mass is 10.1. The third kappa shape index (κ3) is 8.53. The number of carbonyl (C=O) groups is 3. The molecule has 0 bridgehead atoms. The molecule has 1 aromatic carbocycles. The molecule has 200 valence electrons. The first-order chi connectivity index (χ1) is 16.5. The summed E-state index contributed by atoms with van der Waals surface area (Å²) in [5.74, 6) is -1.38. The van der Waals surface area contributed by atoms with Gasteiger partial charge in [0.15, 0.2) is 0 Å². The van der Waals surface area contributed by atoms with Crippen molar-refractivity contribution < 1.29 is 33.4 Å². The molecule has 1 fully saturated rings. The van der Waals surface area contributed by atoms with Crippen LogP contribution in [-0.4, -0.2) is 62.9 Å². The summed E-state index contributed by atoms with van der Waals surface area (Å²) in [5, 5.41) is 9.93. The minimum Gasteiger partial charge on any atom is -0.480 e. The summed E-state index contributed by atoms with van der Waals surface area (Å²) in [5.41, 5.74) is 0.00137. The molecule has 0 aromatic heterocycles. The lowest BCUT2D eigenvalue weighted by molar-refractivity contribution is -0.143. The van der Waals surface area contributed by atoms with Crippen molar-refractivity contribution in [3.63, 3.8) is 0 Å². The summed E-state index contributed by atoms with van der Waals surface area (Å²) in [4.78, 5) is 40.6. The fraction of sp³-hybridized carbons (Fsp3) is 0.593. The van der Waals surface area contributed by atoms with Crippen LogP contribution in [0.4, 0.5) is 14.0 Å². The number of imide groups is 1. The van der Waals surface area contributed by atoms with Crippen molar-refractivity contribution >= 4 is 18.2 Å². The van der Waals surface area contributed by atoms with E-state index in [0.717, 1.165) is 17.7 Å². The molecule has 1 aromatic rings. The average molecular weight is 507 g/mol. The molecule has 0 heterocycles. The smallest absolute Gasteiger partial charge is 0.420 e. The van der Waals surface area contributed by atoms with E-state index < -0.39 is 35.4 Å². The SMILES string of the molecule is C=C(C)N(CCCC(C(=O)O)N(C(=O)OC(C)(C)C)C(=O)OC(C)(C)C)[C@@H]1C[C@H]1c1ccc(F)cc1. The topological polar surface area (TPSA) is 96.4 Å². The maximum absolute atomic E-state index is 13.3. The zero-order valence-corrected chi connectivity index (χ0v) is 22.3. The molecule has 1 unspecified atom stereocenters. The molecule has 1 aliphatic rings. The summed E-state index contributed by atoms with van der Waals surface area (Å²) in [7, 11) is 0. The van der Waals surface area contributed by atoms with Crippen LogP contribution in [0.2, 0.25) is 0 Å². The van der Waals surface area contributed by atoms with Gasteiger partial charge in [-0.1, -0.05) is 18.7 Å². The summed E-state index contributed by atoms with van der Waals surface area (Å²) in [6.07, 6.45) is -0.883. The normalized spacial score (nSPS) is 18.1. The number of aliphatic carboxylic acids is 1. The zero-order valence-electron chi connectivity index (χ0n) is 22.3. The van der Waals surface area contributed by atoms with E-state index in [4.69, 9.17) is 9.47 Å². The van der Waals surface area contributed by atoms with E-state index in [0.29, 0.717) is 17.9 Å². The van der Waals surface area contributed by atoms with Crippen molar-refractivity contribution in [2.45, 2.75) is 96.9 Å². The molecule has 9 heteroatoms. The molecular formula is C27H39FN2O6. The van der Waals surface area contributed by atoms with Gasteiger partial charge < -0.3 is 19.5 Å². The van der Waals surface area contributed by atoms with Crippen LogP contribution in [-0.2, 0) is 14.3 Å². The Morgan fingerprint density at radius 3 is 1.97 bits per heavy atom. The number of carboxylic acids is 1. The lowest BCUT2D eigenvalue weighted by Crippen LogP contribution is -2.52. The fourth-order valence-corrected chi connectivity index (χ4v) is 4.00. The van der Waals surface area contributed by atoms with E-state index >= 15 is 0 Å². The van der Waals surface area contributed by atoms with Crippen molar-refractivity contribution in [2.75, 3.05) is 6.54 Å². The molecule has 0 saturated heterocycles. The third-order valence-electron chi connectivity index (χ3n) is 5.60. The molecule has 1 N–H and O–H groups in total. The van der Waals surface area contributed by atoms with Gasteiger partial charge >= 0.3 is 18.2 Å². The standard InChI is InChI=1S/C27H39FN2O6/c1-17(2)29(22-16-20(22)18-11-13-19(28)14-12-18)15-9-10-21(23(31)32)30(24(33)35-26(3,4)5)25(34)36-27(6,7)8/h11-14,20-22H,1,9-10,15-16H2,2-8H3,(H,31,32)/t20-,21?,22+/m0/s1. The van der Waals surface area contributed by atoms with Crippen LogP contribution in [0.25, 0.3) is 0 Å². The molecule has 1 aliphatic carbocycles. The molecule has 0 spiro atoms. The third-order valence-corrected chi connectivity index (χ3v) is 5.60. The van der Waals surface area contributed by atoms with Crippen LogP contribution >= 0.6 is 0 Å². The Balaban J connectivity index is 2.14. The Kier molecular flexibility index (Phi) is 9.15. The van der Waals surface area contributed by atoms with Gasteiger partial charge in [-0.25, -0.2) is 18.8 Å². The maximum Gasteiger partial charge on any atom is 0.420 e. The van der Waals surface area contributed by atoms with Gasteiger partial charge in [0, 0.05) is 24.2 Å². The van der Waals surface area contributed by atoms with E-state index in [1.54, 1.807) is 53.7 Å². The number of ether oxygens (including phenoxy) is 2. The zero-order chi connectivity index (χ0) is 27.4.